The molecule has 6 aromatic rings. The maximum absolute atomic E-state index is 12.9. The first-order valence-electron chi connectivity index (χ1n) is 27.0. The summed E-state index contributed by atoms with van der Waals surface area (Å²) < 4.78 is 87.7. The minimum atomic E-state index is -2.54. The lowest BCUT2D eigenvalue weighted by atomic mass is 9.98. The average molecular weight is 1120 g/mol. The van der Waals surface area contributed by atoms with E-state index in [-0.39, 0.29) is 51.3 Å². The number of ether oxygens (including phenoxy) is 9. The zero-order valence-corrected chi connectivity index (χ0v) is 48.3. The zero-order chi connectivity index (χ0) is 55.5. The monoisotopic (exact) mass is 1120 g/mol. The van der Waals surface area contributed by atoms with E-state index in [0.29, 0.717) is 6.61 Å². The Morgan fingerprint density at radius 1 is 0.468 bits per heavy atom. The van der Waals surface area contributed by atoms with Crippen molar-refractivity contribution < 1.29 is 65.4 Å². The lowest BCUT2D eigenvalue weighted by molar-refractivity contribution is -0.318. The maximum Gasteiger partial charge on any atom is 0.334 e. The number of hydrogen-bond acceptors (Lipinski definition) is 14. The van der Waals surface area contributed by atoms with Crippen LogP contribution in [0, 0.1) is 0 Å². The van der Waals surface area contributed by atoms with Crippen molar-refractivity contribution in [2.24, 2.45) is 0 Å². The van der Waals surface area contributed by atoms with Gasteiger partial charge in [0.15, 0.2) is 14.6 Å². The number of carbonyl (C=O) groups excluding carboxylic acids is 1. The predicted octanol–water partition coefficient (Wildman–Crippen LogP) is 12.4. The van der Waals surface area contributed by atoms with Crippen molar-refractivity contribution in [3.63, 3.8) is 0 Å². The summed E-state index contributed by atoms with van der Waals surface area (Å²) in [6.07, 6.45) is -8.88. The number of hydrogen-bond donors (Lipinski definition) is 0. The number of esters is 1. The molecule has 0 amide bonds. The van der Waals surface area contributed by atoms with E-state index in [0.717, 1.165) is 33.4 Å². The molecule has 0 aliphatic carbocycles. The van der Waals surface area contributed by atoms with Crippen LogP contribution in [0.2, 0.25) is 18.1 Å². The summed E-state index contributed by atoms with van der Waals surface area (Å²) in [4.78, 5) is 12.9. The molecule has 0 spiro atoms. The number of carbonyl (C=O) groups is 1. The first-order chi connectivity index (χ1) is 38.3. The van der Waals surface area contributed by atoms with Crippen molar-refractivity contribution in [3.8, 4) is 0 Å². The first-order valence-corrected chi connectivity index (χ1v) is 31.0. The molecule has 16 heteroatoms. The summed E-state index contributed by atoms with van der Waals surface area (Å²) in [7, 11) is -3.29. The molecule has 422 valence electrons. The molecule has 2 unspecified atom stereocenters. The van der Waals surface area contributed by atoms with Crippen LogP contribution >= 0.6 is 8.60 Å². The molecule has 0 aromatic heterocycles. The Morgan fingerprint density at radius 2 is 0.810 bits per heavy atom. The Hall–Kier alpha value is -5.04. The van der Waals surface area contributed by atoms with Gasteiger partial charge in [-0.15, -0.1) is 0 Å². The predicted molar refractivity (Wildman–Crippen MR) is 303 cm³/mol. The molecule has 6 aromatic carbocycles. The van der Waals surface area contributed by atoms with Crippen LogP contribution in [0.3, 0.4) is 0 Å². The van der Waals surface area contributed by atoms with E-state index < -0.39 is 84.3 Å². The second kappa shape index (κ2) is 30.1. The van der Waals surface area contributed by atoms with E-state index >= 15 is 0 Å². The summed E-state index contributed by atoms with van der Waals surface area (Å²) in [5, 5.41) is -0.170. The highest BCUT2D eigenvalue weighted by Crippen LogP contribution is 2.47. The van der Waals surface area contributed by atoms with Gasteiger partial charge >= 0.3 is 14.6 Å². The minimum absolute atomic E-state index is 0.141. The van der Waals surface area contributed by atoms with Crippen LogP contribution in [0.5, 0.6) is 0 Å². The summed E-state index contributed by atoms with van der Waals surface area (Å²) in [5.41, 5.74) is 5.69. The van der Waals surface area contributed by atoms with Crippen molar-refractivity contribution >= 4 is 22.9 Å². The van der Waals surface area contributed by atoms with Crippen molar-refractivity contribution in [2.75, 3.05) is 20.3 Å². The molecule has 0 radical (unpaired) electrons. The van der Waals surface area contributed by atoms with Gasteiger partial charge in [0.2, 0.25) is 6.29 Å². The van der Waals surface area contributed by atoms with Crippen LogP contribution in [0.4, 0.5) is 0 Å². The average Bonchev–Trinajstić information content (AvgIpc) is 3.63. The van der Waals surface area contributed by atoms with E-state index in [9.17, 15) is 4.79 Å². The molecule has 2 aliphatic rings. The minimum Gasteiger partial charge on any atom is -0.433 e. The fourth-order valence-electron chi connectivity index (χ4n) is 9.01. The SMILES string of the molecule is COP(OC[C@H]1OC(OC(C)=O)[C@@H](OCc2ccccc2)[C@@H](OCc2ccccc2)[C@@H]1OCc1ccccc1)O[C@H]1O[C@H](COCc2ccccc2)[C@@H](O[Si](C)(C)C(C)(C)C)[C@H](OCc2ccccc2)[C@H]1OCc1ccccc1. The van der Waals surface area contributed by atoms with Gasteiger partial charge in [-0.1, -0.05) is 203 Å². The quantitative estimate of drug-likeness (QED) is 0.0262. The van der Waals surface area contributed by atoms with E-state index in [1.807, 2.05) is 182 Å². The second-order valence-corrected chi connectivity index (χ2v) is 27.2. The standard InChI is InChI=1S/C63H77O14PSi/c1-46(64)73-61-59(70-42-51-34-22-12-23-35-51)57(68-40-49-30-18-10-19-31-49)55(67-39-48-28-16-9-17-29-48)54(74-61)45-72-78(65-5)76-62-60(71-43-52-36-24-13-25-37-52)58(69-41-50-32-20-11-21-33-50)56(77-79(6,7)63(2,3)4)53(75-62)44-66-38-47-26-14-8-15-27-47/h8-37,53-62H,38-45H2,1-7H3/t53-,54-,55-,56-,57+,58+,59+,60-,61?,62-,78?/m1/s1. The van der Waals surface area contributed by atoms with E-state index in [1.165, 1.54) is 14.0 Å². The highest BCUT2D eigenvalue weighted by atomic mass is 31.2. The lowest BCUT2D eigenvalue weighted by Gasteiger charge is -2.50. The Labute approximate surface area is 468 Å². The van der Waals surface area contributed by atoms with Crippen LogP contribution in [-0.2, 0) is 105 Å². The fraction of sp³-hybridized carbons (Fsp3) is 0.413. The van der Waals surface area contributed by atoms with Crippen LogP contribution in [0.15, 0.2) is 182 Å². The normalized spacial score (nSPS) is 23.9. The van der Waals surface area contributed by atoms with Crippen molar-refractivity contribution in [1.82, 2.24) is 0 Å². The van der Waals surface area contributed by atoms with Gasteiger partial charge in [0.05, 0.1) is 52.9 Å². The van der Waals surface area contributed by atoms with Gasteiger partial charge in [-0.05, 0) is 51.5 Å². The summed E-state index contributed by atoms with van der Waals surface area (Å²) in [6.45, 7) is 13.7. The molecular formula is C63H77O14PSi. The third-order valence-corrected chi connectivity index (χ3v) is 19.7. The van der Waals surface area contributed by atoms with Crippen molar-refractivity contribution in [2.45, 2.75) is 147 Å². The Kier molecular flexibility index (Phi) is 22.9. The van der Waals surface area contributed by atoms with E-state index in [4.69, 9.17) is 60.6 Å². The summed E-state index contributed by atoms with van der Waals surface area (Å²) in [6, 6.07) is 59.3. The maximum atomic E-state index is 12.9. The molecule has 79 heavy (non-hydrogen) atoms. The highest BCUT2D eigenvalue weighted by molar-refractivity contribution is 7.41. The molecule has 2 saturated heterocycles. The van der Waals surface area contributed by atoms with Gasteiger partial charge in [0.1, 0.15) is 48.8 Å². The van der Waals surface area contributed by atoms with Gasteiger partial charge in [0.25, 0.3) is 0 Å². The van der Waals surface area contributed by atoms with Crippen LogP contribution in [0.1, 0.15) is 61.1 Å². The number of benzene rings is 6. The van der Waals surface area contributed by atoms with E-state index in [2.05, 4.69) is 33.9 Å². The Balaban J connectivity index is 1.12. The Morgan fingerprint density at radius 3 is 1.20 bits per heavy atom. The molecule has 0 bridgehead atoms. The number of rotatable bonds is 28. The largest absolute Gasteiger partial charge is 0.433 e. The third kappa shape index (κ3) is 18.0. The summed E-state index contributed by atoms with van der Waals surface area (Å²) >= 11 is 0. The molecule has 0 saturated carbocycles. The van der Waals surface area contributed by atoms with Crippen LogP contribution < -0.4 is 0 Å². The van der Waals surface area contributed by atoms with Crippen molar-refractivity contribution in [1.29, 1.82) is 0 Å². The molecule has 2 heterocycles. The molecule has 14 nitrogen and oxygen atoms in total. The lowest BCUT2D eigenvalue weighted by Crippen LogP contribution is -2.64. The van der Waals surface area contributed by atoms with Gasteiger partial charge in [-0.3, -0.25) is 9.32 Å². The molecule has 2 fully saturated rings. The van der Waals surface area contributed by atoms with Gasteiger partial charge in [0, 0.05) is 14.0 Å². The van der Waals surface area contributed by atoms with Crippen LogP contribution in [0.25, 0.3) is 0 Å². The van der Waals surface area contributed by atoms with Crippen LogP contribution in [-0.4, -0.2) is 96.0 Å². The molecule has 8 rings (SSSR count). The molecule has 2 aliphatic heterocycles. The molecule has 11 atom stereocenters. The second-order valence-electron chi connectivity index (χ2n) is 21.2. The highest BCUT2D eigenvalue weighted by Gasteiger charge is 2.54. The smallest absolute Gasteiger partial charge is 0.334 e. The topological polar surface area (TPSA) is 137 Å². The van der Waals surface area contributed by atoms with Gasteiger partial charge < -0.3 is 56.1 Å². The fourth-order valence-corrected chi connectivity index (χ4v) is 11.2. The van der Waals surface area contributed by atoms with E-state index in [1.54, 1.807) is 0 Å². The molecule has 0 N–H and O–H groups in total. The van der Waals surface area contributed by atoms with Gasteiger partial charge in [-0.2, -0.15) is 0 Å². The van der Waals surface area contributed by atoms with Crippen molar-refractivity contribution in [3.05, 3.63) is 215 Å². The first kappa shape index (κ1) is 60.1. The molecular weight excluding hydrogens is 1040 g/mol. The zero-order valence-electron chi connectivity index (χ0n) is 46.4. The summed E-state index contributed by atoms with van der Waals surface area (Å²) in [5.74, 6) is -0.566. The third-order valence-electron chi connectivity index (χ3n) is 14.2. The Bertz CT molecular complexity index is 2660. The van der Waals surface area contributed by atoms with Gasteiger partial charge in [-0.25, -0.2) is 0 Å².